The van der Waals surface area contributed by atoms with Gasteiger partial charge in [-0.25, -0.2) is 0 Å². The van der Waals surface area contributed by atoms with Crippen LogP contribution in [0.3, 0.4) is 0 Å². The molecular formula is C33H35NO4S. The highest BCUT2D eigenvalue weighted by molar-refractivity contribution is 7.99. The summed E-state index contributed by atoms with van der Waals surface area (Å²) in [7, 11) is 1.70. The lowest BCUT2D eigenvalue weighted by Gasteiger charge is -2.41. The molecule has 1 aliphatic heterocycles. The molecule has 0 aromatic heterocycles. The van der Waals surface area contributed by atoms with Crippen molar-refractivity contribution >= 4 is 11.8 Å². The molecule has 1 heterocycles. The number of nitrogens with two attached hydrogens (primary N) is 1. The maximum absolute atomic E-state index is 9.53. The number of rotatable bonds is 9. The molecule has 1 fully saturated rings. The van der Waals surface area contributed by atoms with Crippen molar-refractivity contribution in [1.29, 1.82) is 0 Å². The summed E-state index contributed by atoms with van der Waals surface area (Å²) in [6.45, 7) is 2.70. The van der Waals surface area contributed by atoms with Gasteiger partial charge in [-0.05, 0) is 52.1 Å². The first-order chi connectivity index (χ1) is 19.1. The lowest BCUT2D eigenvalue weighted by atomic mass is 9.91. The number of ether oxygens (including phenoxy) is 3. The maximum Gasteiger partial charge on any atom is 0.184 e. The van der Waals surface area contributed by atoms with Crippen LogP contribution in [-0.4, -0.2) is 24.1 Å². The SMILES string of the molecule is COc1ccccc1SCC1OC(c2cccc(-c3cccc(CN)c3)c2)OC(c2ccc(CO)cc2)C1C. The first-order valence-corrected chi connectivity index (χ1v) is 14.2. The highest BCUT2D eigenvalue weighted by Crippen LogP contribution is 2.44. The lowest BCUT2D eigenvalue weighted by molar-refractivity contribution is -0.268. The highest BCUT2D eigenvalue weighted by atomic mass is 32.2. The summed E-state index contributed by atoms with van der Waals surface area (Å²) >= 11 is 1.74. The molecule has 1 aliphatic rings. The second-order valence-electron chi connectivity index (χ2n) is 9.81. The largest absolute Gasteiger partial charge is 0.496 e. The lowest BCUT2D eigenvalue weighted by Crippen LogP contribution is -2.38. The van der Waals surface area contributed by atoms with Crippen LogP contribution in [0.5, 0.6) is 5.75 Å². The highest BCUT2D eigenvalue weighted by Gasteiger charge is 2.38. The monoisotopic (exact) mass is 541 g/mol. The summed E-state index contributed by atoms with van der Waals surface area (Å²) in [5.74, 6) is 1.72. The second kappa shape index (κ2) is 12.8. The van der Waals surface area contributed by atoms with E-state index in [1.54, 1.807) is 18.9 Å². The molecule has 0 amide bonds. The third kappa shape index (κ3) is 6.38. The number of methoxy groups -OCH3 is 1. The Hall–Kier alpha value is -3.13. The van der Waals surface area contributed by atoms with Gasteiger partial charge in [0.15, 0.2) is 6.29 Å². The standard InChI is InChI=1S/C33H35NO4S/c1-22-30(21-39-31-12-4-3-11-29(31)36-2)37-33(38-32(22)25-15-13-23(20-35)14-16-25)28-10-6-9-27(18-28)26-8-5-7-24(17-26)19-34/h3-18,22,30,32-33,35H,19-21,34H2,1-2H3. The smallest absolute Gasteiger partial charge is 0.184 e. The molecule has 0 radical (unpaired) electrons. The van der Waals surface area contributed by atoms with Crippen molar-refractivity contribution in [3.63, 3.8) is 0 Å². The molecule has 0 bridgehead atoms. The Morgan fingerprint density at radius 1 is 0.821 bits per heavy atom. The zero-order valence-corrected chi connectivity index (χ0v) is 23.1. The van der Waals surface area contributed by atoms with Crippen molar-refractivity contribution in [3.05, 3.63) is 119 Å². The first kappa shape index (κ1) is 27.4. The third-order valence-corrected chi connectivity index (χ3v) is 8.39. The summed E-state index contributed by atoms with van der Waals surface area (Å²) in [5, 5.41) is 9.53. The molecule has 0 saturated carbocycles. The average molecular weight is 542 g/mol. The molecule has 1 saturated heterocycles. The summed E-state index contributed by atoms with van der Waals surface area (Å²) in [6.07, 6.45) is -0.751. The molecule has 4 unspecified atom stereocenters. The Balaban J connectivity index is 1.44. The Bertz CT molecular complexity index is 1380. The van der Waals surface area contributed by atoms with Gasteiger partial charge >= 0.3 is 0 Å². The molecule has 3 N–H and O–H groups in total. The third-order valence-electron chi connectivity index (χ3n) is 7.25. The Morgan fingerprint density at radius 3 is 2.31 bits per heavy atom. The predicted octanol–water partition coefficient (Wildman–Crippen LogP) is 6.90. The molecule has 202 valence electrons. The quantitative estimate of drug-likeness (QED) is 0.225. The average Bonchev–Trinajstić information content (AvgIpc) is 3.01. The minimum absolute atomic E-state index is 0.0173. The number of benzene rings is 4. The molecule has 4 aromatic rings. The van der Waals surface area contributed by atoms with E-state index < -0.39 is 6.29 Å². The van der Waals surface area contributed by atoms with E-state index in [9.17, 15) is 5.11 Å². The van der Waals surface area contributed by atoms with Crippen molar-refractivity contribution in [2.45, 2.75) is 43.5 Å². The van der Waals surface area contributed by atoms with Crippen LogP contribution in [0, 0.1) is 5.92 Å². The normalized spacial score (nSPS) is 21.0. The fourth-order valence-electron chi connectivity index (χ4n) is 4.96. The van der Waals surface area contributed by atoms with E-state index in [2.05, 4.69) is 43.3 Å². The van der Waals surface area contributed by atoms with Gasteiger partial charge < -0.3 is 25.1 Å². The summed E-state index contributed by atoms with van der Waals surface area (Å²) < 4.78 is 18.9. The van der Waals surface area contributed by atoms with Crippen molar-refractivity contribution < 1.29 is 19.3 Å². The van der Waals surface area contributed by atoms with E-state index >= 15 is 0 Å². The number of aliphatic hydroxyl groups excluding tert-OH is 1. The van der Waals surface area contributed by atoms with E-state index in [0.717, 1.165) is 49.8 Å². The predicted molar refractivity (Wildman–Crippen MR) is 156 cm³/mol. The van der Waals surface area contributed by atoms with Crippen LogP contribution in [0.25, 0.3) is 11.1 Å². The fraction of sp³-hybridized carbons (Fsp3) is 0.273. The maximum atomic E-state index is 9.53. The van der Waals surface area contributed by atoms with E-state index in [1.165, 1.54) is 0 Å². The van der Waals surface area contributed by atoms with Crippen molar-refractivity contribution in [2.75, 3.05) is 12.9 Å². The van der Waals surface area contributed by atoms with Crippen LogP contribution >= 0.6 is 11.8 Å². The van der Waals surface area contributed by atoms with Crippen LogP contribution in [0.1, 0.15) is 41.6 Å². The van der Waals surface area contributed by atoms with Gasteiger partial charge in [0.2, 0.25) is 0 Å². The number of thioether (sulfide) groups is 1. The van der Waals surface area contributed by atoms with E-state index in [-0.39, 0.29) is 24.7 Å². The minimum atomic E-state index is -0.523. The van der Waals surface area contributed by atoms with E-state index in [0.29, 0.717) is 6.54 Å². The first-order valence-electron chi connectivity index (χ1n) is 13.3. The molecule has 0 aliphatic carbocycles. The molecule has 5 rings (SSSR count). The Labute approximate surface area is 234 Å². The zero-order valence-electron chi connectivity index (χ0n) is 22.3. The topological polar surface area (TPSA) is 73.9 Å². The van der Waals surface area contributed by atoms with Gasteiger partial charge in [0.05, 0.1) is 25.9 Å². The van der Waals surface area contributed by atoms with Gasteiger partial charge in [0, 0.05) is 28.7 Å². The number of para-hydroxylation sites is 1. The molecule has 39 heavy (non-hydrogen) atoms. The van der Waals surface area contributed by atoms with Crippen LogP contribution < -0.4 is 10.5 Å². The van der Waals surface area contributed by atoms with Gasteiger partial charge in [0.1, 0.15) is 5.75 Å². The molecular weight excluding hydrogens is 506 g/mol. The van der Waals surface area contributed by atoms with Crippen LogP contribution in [0.15, 0.2) is 102 Å². The summed E-state index contributed by atoms with van der Waals surface area (Å²) in [4.78, 5) is 1.09. The van der Waals surface area contributed by atoms with Crippen molar-refractivity contribution in [1.82, 2.24) is 0 Å². The second-order valence-corrected chi connectivity index (χ2v) is 10.9. The van der Waals surface area contributed by atoms with Gasteiger partial charge in [-0.15, -0.1) is 11.8 Å². The van der Waals surface area contributed by atoms with Crippen LogP contribution in [0.2, 0.25) is 0 Å². The van der Waals surface area contributed by atoms with Crippen LogP contribution in [0.4, 0.5) is 0 Å². The van der Waals surface area contributed by atoms with Crippen molar-refractivity contribution in [3.8, 4) is 16.9 Å². The van der Waals surface area contributed by atoms with E-state index in [1.807, 2.05) is 60.7 Å². The number of aliphatic hydroxyl groups is 1. The molecule has 0 spiro atoms. The Kier molecular flexibility index (Phi) is 9.02. The van der Waals surface area contributed by atoms with Crippen molar-refractivity contribution in [2.24, 2.45) is 11.7 Å². The number of hydrogen-bond acceptors (Lipinski definition) is 6. The van der Waals surface area contributed by atoms with Gasteiger partial charge in [-0.2, -0.15) is 0 Å². The summed E-state index contributed by atoms with van der Waals surface area (Å²) in [6, 6.07) is 32.7. The van der Waals surface area contributed by atoms with Gasteiger partial charge in [0.25, 0.3) is 0 Å². The molecule has 4 aromatic carbocycles. The number of hydrogen-bond donors (Lipinski definition) is 2. The molecule has 4 atom stereocenters. The van der Waals surface area contributed by atoms with Gasteiger partial charge in [-0.3, -0.25) is 0 Å². The molecule has 5 nitrogen and oxygen atoms in total. The zero-order chi connectivity index (χ0) is 27.2. The van der Waals surface area contributed by atoms with Crippen LogP contribution in [-0.2, 0) is 22.6 Å². The van der Waals surface area contributed by atoms with Gasteiger partial charge in [-0.1, -0.05) is 79.7 Å². The fourth-order valence-corrected chi connectivity index (χ4v) is 6.16. The summed E-state index contributed by atoms with van der Waals surface area (Å²) in [5.41, 5.74) is 12.1. The Morgan fingerprint density at radius 2 is 1.56 bits per heavy atom. The minimum Gasteiger partial charge on any atom is -0.496 e. The van der Waals surface area contributed by atoms with E-state index in [4.69, 9.17) is 19.9 Å². The molecule has 6 heteroatoms.